The summed E-state index contributed by atoms with van der Waals surface area (Å²) in [6.07, 6.45) is 20.4. The third-order valence-corrected chi connectivity index (χ3v) is 8.76. The predicted octanol–water partition coefficient (Wildman–Crippen LogP) is 9.06. The number of ether oxygens (including phenoxy) is 1. The third-order valence-electron chi connectivity index (χ3n) is 8.76. The highest BCUT2D eigenvalue weighted by Crippen LogP contribution is 2.41. The fourth-order valence-electron chi connectivity index (χ4n) is 6.22. The lowest BCUT2D eigenvalue weighted by Crippen LogP contribution is -2.46. The molecule has 2 fully saturated rings. The van der Waals surface area contributed by atoms with Crippen molar-refractivity contribution >= 4 is 12.0 Å². The van der Waals surface area contributed by atoms with Crippen molar-refractivity contribution in [3.8, 4) is 0 Å². The molecule has 0 aromatic heterocycles. The number of rotatable bonds is 13. The van der Waals surface area contributed by atoms with E-state index in [1.54, 1.807) is 0 Å². The van der Waals surface area contributed by atoms with Crippen LogP contribution in [0.15, 0.2) is 0 Å². The maximum atomic E-state index is 13.5. The molecule has 0 unspecified atom stereocenters. The summed E-state index contributed by atoms with van der Waals surface area (Å²) in [5.74, 6) is 0.922. The van der Waals surface area contributed by atoms with Crippen LogP contribution in [0.1, 0.15) is 150 Å². The van der Waals surface area contributed by atoms with Gasteiger partial charge in [-0.15, -0.1) is 0 Å². The van der Waals surface area contributed by atoms with Crippen LogP contribution in [0.25, 0.3) is 0 Å². The molecule has 4 heteroatoms. The molecule has 2 saturated carbocycles. The van der Waals surface area contributed by atoms with Gasteiger partial charge in [0.2, 0.25) is 5.91 Å². The van der Waals surface area contributed by atoms with E-state index < -0.39 is 11.7 Å². The quantitative estimate of drug-likeness (QED) is 0.248. The Morgan fingerprint density at radius 1 is 0.735 bits per heavy atom. The van der Waals surface area contributed by atoms with Crippen molar-refractivity contribution in [1.82, 2.24) is 4.90 Å². The monoisotopic (exact) mass is 477 g/mol. The van der Waals surface area contributed by atoms with Gasteiger partial charge < -0.3 is 4.74 Å². The topological polar surface area (TPSA) is 46.6 Å². The van der Waals surface area contributed by atoms with Crippen molar-refractivity contribution < 1.29 is 14.3 Å². The molecule has 2 rings (SSSR count). The van der Waals surface area contributed by atoms with Crippen LogP contribution in [0.3, 0.4) is 0 Å². The van der Waals surface area contributed by atoms with Crippen molar-refractivity contribution in [3.63, 3.8) is 0 Å². The highest BCUT2D eigenvalue weighted by molar-refractivity contribution is 5.92. The van der Waals surface area contributed by atoms with Crippen LogP contribution in [0.5, 0.6) is 0 Å². The van der Waals surface area contributed by atoms with Gasteiger partial charge in [0.05, 0.1) is 0 Å². The Morgan fingerprint density at radius 2 is 1.24 bits per heavy atom. The van der Waals surface area contributed by atoms with Gasteiger partial charge in [-0.1, -0.05) is 97.8 Å². The van der Waals surface area contributed by atoms with E-state index in [9.17, 15) is 9.59 Å². The second-order valence-corrected chi connectivity index (χ2v) is 12.5. The summed E-state index contributed by atoms with van der Waals surface area (Å²) in [5, 5.41) is 0. The number of carbonyl (C=O) groups excluding carboxylic acids is 2. The smallest absolute Gasteiger partial charge is 0.417 e. The Kier molecular flexibility index (Phi) is 12.4. The average Bonchev–Trinajstić information content (AvgIpc) is 2.81. The van der Waals surface area contributed by atoms with E-state index in [1.165, 1.54) is 88.4 Å². The van der Waals surface area contributed by atoms with Gasteiger partial charge in [0.1, 0.15) is 5.60 Å². The normalized spacial score (nSPS) is 18.6. The lowest BCUT2D eigenvalue weighted by Gasteiger charge is -2.39. The number of amides is 2. The summed E-state index contributed by atoms with van der Waals surface area (Å²) in [6.45, 7) is 11.3. The van der Waals surface area contributed by atoms with Gasteiger partial charge in [-0.2, -0.15) is 0 Å². The molecular formula is C30H55NO3. The molecule has 198 valence electrons. The molecule has 0 N–H and O–H groups in total. The molecule has 0 heterocycles. The molecule has 0 aliphatic heterocycles. The Bertz CT molecular complexity index is 556. The summed E-state index contributed by atoms with van der Waals surface area (Å²) in [7, 11) is 0. The summed E-state index contributed by atoms with van der Waals surface area (Å²) in [5.41, 5.74) is -0.593. The minimum atomic E-state index is -0.519. The largest absolute Gasteiger partial charge is 0.443 e. The fourth-order valence-corrected chi connectivity index (χ4v) is 6.22. The maximum absolute atomic E-state index is 13.5. The number of nitrogens with zero attached hydrogens (tertiary/aromatic N) is 1. The SMILES string of the molecule is CCCCCCCCCN(C(=O)CC(C)(C)C1CCCCC1)C(=O)OC(C)(C)C1CCCCC1. The van der Waals surface area contributed by atoms with E-state index in [2.05, 4.69) is 20.8 Å². The number of hydrogen-bond donors (Lipinski definition) is 0. The highest BCUT2D eigenvalue weighted by atomic mass is 16.6. The number of unbranched alkanes of at least 4 members (excludes halogenated alkanes) is 6. The van der Waals surface area contributed by atoms with E-state index in [0.29, 0.717) is 24.8 Å². The minimum absolute atomic E-state index is 0.0361. The van der Waals surface area contributed by atoms with Crippen LogP contribution in [-0.2, 0) is 9.53 Å². The summed E-state index contributed by atoms with van der Waals surface area (Å²) >= 11 is 0. The molecule has 0 bridgehead atoms. The Morgan fingerprint density at radius 3 is 1.79 bits per heavy atom. The Hall–Kier alpha value is -1.06. The first kappa shape index (κ1) is 29.2. The first-order chi connectivity index (χ1) is 16.2. The Labute approximate surface area is 211 Å². The van der Waals surface area contributed by atoms with Gasteiger partial charge in [0.25, 0.3) is 0 Å². The van der Waals surface area contributed by atoms with Crippen molar-refractivity contribution in [2.24, 2.45) is 17.3 Å². The fraction of sp³-hybridized carbons (Fsp3) is 0.933. The van der Waals surface area contributed by atoms with Crippen LogP contribution in [0, 0.1) is 17.3 Å². The molecule has 0 radical (unpaired) electrons. The van der Waals surface area contributed by atoms with Gasteiger partial charge in [0, 0.05) is 13.0 Å². The zero-order chi connectivity index (χ0) is 25.0. The molecule has 2 aliphatic carbocycles. The van der Waals surface area contributed by atoms with Gasteiger partial charge in [0.15, 0.2) is 0 Å². The van der Waals surface area contributed by atoms with E-state index in [0.717, 1.165) is 25.7 Å². The summed E-state index contributed by atoms with van der Waals surface area (Å²) < 4.78 is 6.10. The second kappa shape index (κ2) is 14.5. The second-order valence-electron chi connectivity index (χ2n) is 12.5. The minimum Gasteiger partial charge on any atom is -0.443 e. The first-order valence-corrected chi connectivity index (χ1v) is 14.7. The lowest BCUT2D eigenvalue weighted by atomic mass is 9.69. The van der Waals surface area contributed by atoms with Crippen LogP contribution in [0.2, 0.25) is 0 Å². The molecule has 0 spiro atoms. The highest BCUT2D eigenvalue weighted by Gasteiger charge is 2.39. The molecular weight excluding hydrogens is 422 g/mol. The number of carbonyl (C=O) groups is 2. The molecule has 0 atom stereocenters. The standard InChI is InChI=1S/C30H55NO3/c1-6-7-8-9-10-11-18-23-31(27(32)24-29(2,3)25-19-14-12-15-20-25)28(33)34-30(4,5)26-21-16-13-17-22-26/h25-26H,6-24H2,1-5H3. The van der Waals surface area contributed by atoms with Gasteiger partial charge in [-0.25, -0.2) is 9.69 Å². The number of hydrogen-bond acceptors (Lipinski definition) is 3. The third kappa shape index (κ3) is 9.53. The van der Waals surface area contributed by atoms with Crippen molar-refractivity contribution in [3.05, 3.63) is 0 Å². The van der Waals surface area contributed by atoms with E-state index in [1.807, 2.05) is 13.8 Å². The summed E-state index contributed by atoms with van der Waals surface area (Å²) in [6, 6.07) is 0. The van der Waals surface area contributed by atoms with E-state index >= 15 is 0 Å². The van der Waals surface area contributed by atoms with Gasteiger partial charge >= 0.3 is 6.09 Å². The first-order valence-electron chi connectivity index (χ1n) is 14.7. The molecule has 2 aliphatic rings. The zero-order valence-corrected chi connectivity index (χ0v) is 23.3. The molecule has 0 saturated heterocycles. The molecule has 4 nitrogen and oxygen atoms in total. The van der Waals surface area contributed by atoms with E-state index in [-0.39, 0.29) is 11.3 Å². The predicted molar refractivity (Wildman–Crippen MR) is 142 cm³/mol. The Balaban J connectivity index is 2.00. The van der Waals surface area contributed by atoms with Crippen molar-refractivity contribution in [2.75, 3.05) is 6.54 Å². The van der Waals surface area contributed by atoms with Gasteiger partial charge in [-0.05, 0) is 63.2 Å². The summed E-state index contributed by atoms with van der Waals surface area (Å²) in [4.78, 5) is 28.4. The molecule has 34 heavy (non-hydrogen) atoms. The number of imide groups is 1. The molecule has 2 amide bonds. The average molecular weight is 478 g/mol. The van der Waals surface area contributed by atoms with Crippen LogP contribution >= 0.6 is 0 Å². The molecule has 0 aromatic rings. The maximum Gasteiger partial charge on any atom is 0.417 e. The van der Waals surface area contributed by atoms with Gasteiger partial charge in [-0.3, -0.25) is 4.79 Å². The van der Waals surface area contributed by atoms with E-state index in [4.69, 9.17) is 4.74 Å². The van der Waals surface area contributed by atoms with Crippen LogP contribution < -0.4 is 0 Å². The van der Waals surface area contributed by atoms with Crippen molar-refractivity contribution in [1.29, 1.82) is 0 Å². The van der Waals surface area contributed by atoms with Crippen LogP contribution in [0.4, 0.5) is 4.79 Å². The zero-order valence-electron chi connectivity index (χ0n) is 23.3. The van der Waals surface area contributed by atoms with Crippen LogP contribution in [-0.4, -0.2) is 29.0 Å². The van der Waals surface area contributed by atoms with Crippen molar-refractivity contribution in [2.45, 2.75) is 156 Å². The molecule has 0 aromatic carbocycles. The lowest BCUT2D eigenvalue weighted by molar-refractivity contribution is -0.134.